The average Bonchev–Trinajstić information content (AvgIpc) is 2.68. The molecule has 0 amide bonds. The number of rotatable bonds is 3. The maximum Gasteiger partial charge on any atom is 0.0631 e. The molecule has 2 heteroatoms. The Bertz CT molecular complexity index is 319. The van der Waals surface area contributed by atoms with Crippen LogP contribution in [0.3, 0.4) is 0 Å². The molecule has 1 aliphatic heterocycles. The molecule has 2 fully saturated rings. The minimum atomic E-state index is 0.0456. The molecule has 0 aromatic rings. The first-order valence-electron chi connectivity index (χ1n) is 8.45. The molecule has 1 N–H and O–H groups in total. The van der Waals surface area contributed by atoms with Crippen molar-refractivity contribution in [3.05, 3.63) is 0 Å². The molecule has 118 valence electrons. The van der Waals surface area contributed by atoms with Gasteiger partial charge in [-0.25, -0.2) is 0 Å². The molecule has 20 heavy (non-hydrogen) atoms. The van der Waals surface area contributed by atoms with Crippen molar-refractivity contribution in [2.45, 2.75) is 91.3 Å². The monoisotopic (exact) mass is 282 g/mol. The summed E-state index contributed by atoms with van der Waals surface area (Å²) in [4.78, 5) is 0. The van der Waals surface area contributed by atoms with Crippen molar-refractivity contribution in [3.63, 3.8) is 0 Å². The maximum absolute atomic E-state index is 9.97. The Labute approximate surface area is 125 Å². The lowest BCUT2D eigenvalue weighted by Crippen LogP contribution is -2.37. The van der Waals surface area contributed by atoms with E-state index < -0.39 is 0 Å². The lowest BCUT2D eigenvalue weighted by Gasteiger charge is -2.44. The largest absolute Gasteiger partial charge is 0.396 e. The summed E-state index contributed by atoms with van der Waals surface area (Å²) >= 11 is 0. The zero-order valence-electron chi connectivity index (χ0n) is 14.2. The van der Waals surface area contributed by atoms with E-state index in [9.17, 15) is 5.11 Å². The lowest BCUT2D eigenvalue weighted by molar-refractivity contribution is -0.0584. The Morgan fingerprint density at radius 2 is 1.65 bits per heavy atom. The molecule has 1 unspecified atom stereocenters. The molecule has 0 spiro atoms. The van der Waals surface area contributed by atoms with Gasteiger partial charge in [0.25, 0.3) is 0 Å². The van der Waals surface area contributed by atoms with Gasteiger partial charge >= 0.3 is 0 Å². The number of aliphatic hydroxyl groups excluding tert-OH is 1. The zero-order valence-corrected chi connectivity index (χ0v) is 14.2. The van der Waals surface area contributed by atoms with E-state index in [0.29, 0.717) is 18.1 Å². The fourth-order valence-electron chi connectivity index (χ4n) is 4.23. The van der Waals surface area contributed by atoms with Gasteiger partial charge in [0, 0.05) is 6.61 Å². The molecule has 2 aliphatic rings. The predicted octanol–water partition coefficient (Wildman–Crippen LogP) is 4.55. The van der Waals surface area contributed by atoms with E-state index in [1.165, 1.54) is 25.7 Å². The highest BCUT2D eigenvalue weighted by Gasteiger charge is 2.42. The third kappa shape index (κ3) is 3.76. The fourth-order valence-corrected chi connectivity index (χ4v) is 4.23. The number of hydrogen-bond donors (Lipinski definition) is 1. The minimum Gasteiger partial charge on any atom is -0.396 e. The zero-order chi connectivity index (χ0) is 15.0. The summed E-state index contributed by atoms with van der Waals surface area (Å²) < 4.78 is 6.16. The topological polar surface area (TPSA) is 29.5 Å². The Morgan fingerprint density at radius 3 is 2.05 bits per heavy atom. The van der Waals surface area contributed by atoms with Crippen molar-refractivity contribution in [1.82, 2.24) is 0 Å². The molecule has 0 aromatic carbocycles. The number of hydrogen-bond acceptors (Lipinski definition) is 2. The second-order valence-corrected chi connectivity index (χ2v) is 9.04. The van der Waals surface area contributed by atoms with E-state index in [1.54, 1.807) is 0 Å². The van der Waals surface area contributed by atoms with Crippen LogP contribution in [0.4, 0.5) is 0 Å². The Hall–Kier alpha value is -0.0800. The van der Waals surface area contributed by atoms with Crippen LogP contribution in [0.25, 0.3) is 0 Å². The van der Waals surface area contributed by atoms with Crippen LogP contribution in [-0.4, -0.2) is 23.4 Å². The van der Waals surface area contributed by atoms with Gasteiger partial charge in [-0.05, 0) is 75.5 Å². The third-order valence-electron chi connectivity index (χ3n) is 5.82. The van der Waals surface area contributed by atoms with Crippen molar-refractivity contribution in [2.75, 3.05) is 6.61 Å². The molecule has 1 aliphatic carbocycles. The van der Waals surface area contributed by atoms with Gasteiger partial charge in [-0.3, -0.25) is 0 Å². The van der Waals surface area contributed by atoms with Gasteiger partial charge < -0.3 is 9.84 Å². The SMILES string of the molecule is CC1(C)CCC(CC2(CO)CCC(C(C)(C)C)CC2)O1. The van der Waals surface area contributed by atoms with E-state index in [4.69, 9.17) is 4.74 Å². The number of ether oxygens (including phenoxy) is 1. The first-order chi connectivity index (χ1) is 9.16. The molecule has 1 saturated carbocycles. The predicted molar refractivity (Wildman–Crippen MR) is 83.7 cm³/mol. The molecule has 0 aromatic heterocycles. The maximum atomic E-state index is 9.97. The summed E-state index contributed by atoms with van der Waals surface area (Å²) in [5.41, 5.74) is 0.588. The van der Waals surface area contributed by atoms with E-state index >= 15 is 0 Å². The standard InChI is InChI=1S/C18H34O2/c1-16(2,3)14-6-10-18(13-19,11-7-14)12-15-8-9-17(4,5)20-15/h14-15,19H,6-13H2,1-5H3. The summed E-state index contributed by atoms with van der Waals surface area (Å²) in [5.74, 6) is 0.808. The van der Waals surface area contributed by atoms with Crippen LogP contribution in [0.5, 0.6) is 0 Å². The normalized spacial score (nSPS) is 38.1. The van der Waals surface area contributed by atoms with E-state index in [1.807, 2.05) is 0 Å². The van der Waals surface area contributed by atoms with Gasteiger partial charge in [-0.2, -0.15) is 0 Å². The lowest BCUT2D eigenvalue weighted by atomic mass is 9.62. The van der Waals surface area contributed by atoms with E-state index in [-0.39, 0.29) is 11.0 Å². The van der Waals surface area contributed by atoms with Crippen LogP contribution in [-0.2, 0) is 4.74 Å². The quantitative estimate of drug-likeness (QED) is 0.823. The first kappa shape index (κ1) is 16.3. The van der Waals surface area contributed by atoms with Crippen LogP contribution in [0.15, 0.2) is 0 Å². The van der Waals surface area contributed by atoms with Gasteiger partial charge in [0.1, 0.15) is 0 Å². The van der Waals surface area contributed by atoms with Gasteiger partial charge in [0.2, 0.25) is 0 Å². The van der Waals surface area contributed by atoms with Gasteiger partial charge in [0.05, 0.1) is 11.7 Å². The van der Waals surface area contributed by atoms with Crippen LogP contribution < -0.4 is 0 Å². The van der Waals surface area contributed by atoms with Crippen LogP contribution in [0.1, 0.15) is 79.6 Å². The summed E-state index contributed by atoms with van der Waals surface area (Å²) in [7, 11) is 0. The van der Waals surface area contributed by atoms with Gasteiger partial charge in [0.15, 0.2) is 0 Å². The highest BCUT2D eigenvalue weighted by molar-refractivity contribution is 4.92. The Balaban J connectivity index is 1.92. The molecular formula is C18H34O2. The van der Waals surface area contributed by atoms with Crippen molar-refractivity contribution in [3.8, 4) is 0 Å². The molecule has 2 rings (SSSR count). The summed E-state index contributed by atoms with van der Waals surface area (Å²) in [6.07, 6.45) is 8.62. The first-order valence-corrected chi connectivity index (χ1v) is 8.45. The molecule has 0 bridgehead atoms. The highest BCUT2D eigenvalue weighted by atomic mass is 16.5. The van der Waals surface area contributed by atoms with E-state index in [0.717, 1.165) is 25.2 Å². The summed E-state index contributed by atoms with van der Waals surface area (Å²) in [5, 5.41) is 9.97. The van der Waals surface area contributed by atoms with Crippen molar-refractivity contribution >= 4 is 0 Å². The van der Waals surface area contributed by atoms with Crippen LogP contribution in [0.2, 0.25) is 0 Å². The fraction of sp³-hybridized carbons (Fsp3) is 1.00. The molecule has 0 radical (unpaired) electrons. The minimum absolute atomic E-state index is 0.0456. The van der Waals surface area contributed by atoms with Crippen molar-refractivity contribution in [2.24, 2.45) is 16.7 Å². The van der Waals surface area contributed by atoms with Gasteiger partial charge in [-0.15, -0.1) is 0 Å². The van der Waals surface area contributed by atoms with Crippen LogP contribution >= 0.6 is 0 Å². The molecule has 1 saturated heterocycles. The highest BCUT2D eigenvalue weighted by Crippen LogP contribution is 2.49. The number of aliphatic hydroxyl groups is 1. The molecular weight excluding hydrogens is 248 g/mol. The van der Waals surface area contributed by atoms with E-state index in [2.05, 4.69) is 34.6 Å². The van der Waals surface area contributed by atoms with Crippen molar-refractivity contribution in [1.29, 1.82) is 0 Å². The summed E-state index contributed by atoms with van der Waals surface area (Å²) in [6.45, 7) is 11.8. The molecule has 2 nitrogen and oxygen atoms in total. The summed E-state index contributed by atoms with van der Waals surface area (Å²) in [6, 6.07) is 0. The van der Waals surface area contributed by atoms with Crippen LogP contribution in [0, 0.1) is 16.7 Å². The smallest absolute Gasteiger partial charge is 0.0631 e. The second kappa shape index (κ2) is 5.61. The second-order valence-electron chi connectivity index (χ2n) is 9.04. The molecule has 1 heterocycles. The Morgan fingerprint density at radius 1 is 1.05 bits per heavy atom. The van der Waals surface area contributed by atoms with Crippen molar-refractivity contribution < 1.29 is 9.84 Å². The molecule has 1 atom stereocenters. The average molecular weight is 282 g/mol. The van der Waals surface area contributed by atoms with Gasteiger partial charge in [-0.1, -0.05) is 20.8 Å². The third-order valence-corrected chi connectivity index (χ3v) is 5.82. The Kier molecular flexibility index (Phi) is 4.57.